The highest BCUT2D eigenvalue weighted by Gasteiger charge is 2.13. The average molecular weight is 368 g/mol. The van der Waals surface area contributed by atoms with Crippen LogP contribution in [0.4, 0.5) is 14.5 Å². The van der Waals surface area contributed by atoms with E-state index in [4.69, 9.17) is 0 Å². The van der Waals surface area contributed by atoms with Gasteiger partial charge >= 0.3 is 0 Å². The van der Waals surface area contributed by atoms with Crippen molar-refractivity contribution in [3.8, 4) is 0 Å². The molecule has 0 bridgehead atoms. The third-order valence-corrected chi connectivity index (χ3v) is 3.63. The molecule has 6 nitrogen and oxygen atoms in total. The molecule has 2 N–H and O–H groups in total. The number of hydrogen-bond acceptors (Lipinski definition) is 4. The molecular formula is C19H14F2N4O2. The summed E-state index contributed by atoms with van der Waals surface area (Å²) in [5.41, 5.74) is 1.17. The van der Waals surface area contributed by atoms with Crippen LogP contribution < -0.4 is 10.6 Å². The number of rotatable bonds is 5. The third kappa shape index (κ3) is 4.69. The van der Waals surface area contributed by atoms with Gasteiger partial charge in [0.15, 0.2) is 11.6 Å². The standard InChI is InChI=1S/C19H14F2N4O2/c20-15-2-1-14(10-16(15)21)25-19(27)17-9-13(5-8-23-17)18(26)24-11-12-3-6-22-7-4-12/h1-10H,11H2,(H,24,26)(H,25,27). The van der Waals surface area contributed by atoms with E-state index in [1.54, 1.807) is 24.5 Å². The predicted octanol–water partition coefficient (Wildman–Crippen LogP) is 2.94. The van der Waals surface area contributed by atoms with Gasteiger partial charge in [-0.3, -0.25) is 19.6 Å². The van der Waals surface area contributed by atoms with Crippen LogP contribution in [0.15, 0.2) is 61.1 Å². The highest BCUT2D eigenvalue weighted by Crippen LogP contribution is 2.14. The van der Waals surface area contributed by atoms with E-state index in [0.717, 1.165) is 17.7 Å². The van der Waals surface area contributed by atoms with E-state index in [1.807, 2.05) is 0 Å². The van der Waals surface area contributed by atoms with Crippen LogP contribution in [0, 0.1) is 11.6 Å². The van der Waals surface area contributed by atoms with Gasteiger partial charge in [0.1, 0.15) is 5.69 Å². The smallest absolute Gasteiger partial charge is 0.274 e. The zero-order valence-electron chi connectivity index (χ0n) is 13.9. The first kappa shape index (κ1) is 18.1. The summed E-state index contributed by atoms with van der Waals surface area (Å²) in [5.74, 6) is -3.12. The minimum absolute atomic E-state index is 0.0312. The number of carbonyl (C=O) groups excluding carboxylic acids is 2. The van der Waals surface area contributed by atoms with Crippen molar-refractivity contribution in [2.75, 3.05) is 5.32 Å². The maximum atomic E-state index is 13.2. The van der Waals surface area contributed by atoms with Crippen LogP contribution in [0.1, 0.15) is 26.4 Å². The van der Waals surface area contributed by atoms with Crippen molar-refractivity contribution < 1.29 is 18.4 Å². The lowest BCUT2D eigenvalue weighted by molar-refractivity contribution is 0.0950. The van der Waals surface area contributed by atoms with Gasteiger partial charge < -0.3 is 10.6 Å². The second kappa shape index (κ2) is 8.13. The number of carbonyl (C=O) groups is 2. The molecule has 0 saturated carbocycles. The minimum atomic E-state index is -1.08. The summed E-state index contributed by atoms with van der Waals surface area (Å²) in [5, 5.41) is 5.13. The van der Waals surface area contributed by atoms with E-state index in [9.17, 15) is 18.4 Å². The quantitative estimate of drug-likeness (QED) is 0.725. The first-order chi connectivity index (χ1) is 13.0. The summed E-state index contributed by atoms with van der Waals surface area (Å²) >= 11 is 0. The number of nitrogens with zero attached hydrogens (tertiary/aromatic N) is 2. The van der Waals surface area contributed by atoms with Crippen molar-refractivity contribution in [1.82, 2.24) is 15.3 Å². The lowest BCUT2D eigenvalue weighted by atomic mass is 10.2. The summed E-state index contributed by atoms with van der Waals surface area (Å²) in [6, 6.07) is 9.32. The molecule has 2 heterocycles. The lowest BCUT2D eigenvalue weighted by Crippen LogP contribution is -2.23. The monoisotopic (exact) mass is 368 g/mol. The van der Waals surface area contributed by atoms with Crippen LogP contribution in [0.5, 0.6) is 0 Å². The molecule has 0 spiro atoms. The number of benzene rings is 1. The Balaban J connectivity index is 1.67. The predicted molar refractivity (Wildman–Crippen MR) is 94.0 cm³/mol. The molecule has 0 aliphatic heterocycles. The van der Waals surface area contributed by atoms with E-state index < -0.39 is 17.5 Å². The molecule has 0 fully saturated rings. The second-order valence-electron chi connectivity index (χ2n) is 5.55. The lowest BCUT2D eigenvalue weighted by Gasteiger charge is -2.08. The average Bonchev–Trinajstić information content (AvgIpc) is 2.70. The number of aromatic nitrogens is 2. The summed E-state index contributed by atoms with van der Waals surface area (Å²) < 4.78 is 26.2. The number of anilines is 1. The Kier molecular flexibility index (Phi) is 5.46. The highest BCUT2D eigenvalue weighted by atomic mass is 19.2. The molecule has 136 valence electrons. The molecule has 27 heavy (non-hydrogen) atoms. The third-order valence-electron chi connectivity index (χ3n) is 3.63. The molecule has 2 amide bonds. The number of nitrogens with one attached hydrogen (secondary N) is 2. The maximum absolute atomic E-state index is 13.2. The summed E-state index contributed by atoms with van der Waals surface area (Å²) in [4.78, 5) is 32.3. The Hall–Kier alpha value is -3.68. The van der Waals surface area contributed by atoms with Gasteiger partial charge in [0.25, 0.3) is 11.8 Å². The van der Waals surface area contributed by atoms with E-state index >= 15 is 0 Å². The molecule has 8 heteroatoms. The van der Waals surface area contributed by atoms with Crippen LogP contribution in [-0.4, -0.2) is 21.8 Å². The van der Waals surface area contributed by atoms with E-state index in [2.05, 4.69) is 20.6 Å². The Morgan fingerprint density at radius 1 is 0.889 bits per heavy atom. The molecule has 0 saturated heterocycles. The van der Waals surface area contributed by atoms with Crippen molar-refractivity contribution >= 4 is 17.5 Å². The molecule has 0 unspecified atom stereocenters. The molecule has 2 aromatic heterocycles. The van der Waals surface area contributed by atoms with Gasteiger partial charge in [0, 0.05) is 42.5 Å². The number of halogens is 2. The number of pyridine rings is 2. The topological polar surface area (TPSA) is 84.0 Å². The fourth-order valence-electron chi connectivity index (χ4n) is 2.25. The second-order valence-corrected chi connectivity index (χ2v) is 5.55. The van der Waals surface area contributed by atoms with Gasteiger partial charge in [-0.1, -0.05) is 0 Å². The van der Waals surface area contributed by atoms with Crippen molar-refractivity contribution in [1.29, 1.82) is 0 Å². The Morgan fingerprint density at radius 3 is 2.41 bits per heavy atom. The fourth-order valence-corrected chi connectivity index (χ4v) is 2.25. The summed E-state index contributed by atoms with van der Waals surface area (Å²) in [6.07, 6.45) is 4.56. The van der Waals surface area contributed by atoms with Crippen LogP contribution in [0.2, 0.25) is 0 Å². The molecule has 1 aromatic carbocycles. The molecule has 0 radical (unpaired) electrons. The summed E-state index contributed by atoms with van der Waals surface area (Å²) in [6.45, 7) is 0.306. The van der Waals surface area contributed by atoms with Crippen LogP contribution in [0.25, 0.3) is 0 Å². The van der Waals surface area contributed by atoms with Gasteiger partial charge in [0.05, 0.1) is 0 Å². The van der Waals surface area contributed by atoms with Crippen LogP contribution in [-0.2, 0) is 6.54 Å². The van der Waals surface area contributed by atoms with E-state index in [-0.39, 0.29) is 22.9 Å². The van der Waals surface area contributed by atoms with Gasteiger partial charge in [-0.2, -0.15) is 0 Å². The van der Waals surface area contributed by atoms with Crippen molar-refractivity contribution in [2.24, 2.45) is 0 Å². The molecule has 0 aliphatic carbocycles. The molecular weight excluding hydrogens is 354 g/mol. The first-order valence-electron chi connectivity index (χ1n) is 7.92. The zero-order chi connectivity index (χ0) is 19.2. The molecule has 0 aliphatic rings. The zero-order valence-corrected chi connectivity index (χ0v) is 13.9. The van der Waals surface area contributed by atoms with Crippen molar-refractivity contribution in [2.45, 2.75) is 6.54 Å². The number of hydrogen-bond donors (Lipinski definition) is 2. The summed E-state index contributed by atoms with van der Waals surface area (Å²) in [7, 11) is 0. The largest absolute Gasteiger partial charge is 0.348 e. The highest BCUT2D eigenvalue weighted by molar-refractivity contribution is 6.04. The molecule has 3 aromatic rings. The van der Waals surface area contributed by atoms with Crippen molar-refractivity contribution in [3.05, 3.63) is 89.5 Å². The maximum Gasteiger partial charge on any atom is 0.274 e. The fraction of sp³-hybridized carbons (Fsp3) is 0.0526. The Bertz CT molecular complexity index is 980. The van der Waals surface area contributed by atoms with Gasteiger partial charge in [-0.15, -0.1) is 0 Å². The SMILES string of the molecule is O=C(NCc1ccncc1)c1ccnc(C(=O)Nc2ccc(F)c(F)c2)c1. The van der Waals surface area contributed by atoms with Crippen molar-refractivity contribution in [3.63, 3.8) is 0 Å². The van der Waals surface area contributed by atoms with E-state index in [0.29, 0.717) is 6.54 Å². The van der Waals surface area contributed by atoms with E-state index in [1.165, 1.54) is 24.4 Å². The van der Waals surface area contributed by atoms with Crippen LogP contribution >= 0.6 is 0 Å². The van der Waals surface area contributed by atoms with Gasteiger partial charge in [-0.25, -0.2) is 8.78 Å². The Labute approximate surface area is 153 Å². The molecule has 0 atom stereocenters. The normalized spacial score (nSPS) is 10.3. The molecule has 3 rings (SSSR count). The number of amides is 2. The Morgan fingerprint density at radius 2 is 1.67 bits per heavy atom. The first-order valence-corrected chi connectivity index (χ1v) is 7.92. The van der Waals surface area contributed by atoms with Crippen LogP contribution in [0.3, 0.4) is 0 Å². The van der Waals surface area contributed by atoms with Gasteiger partial charge in [0.2, 0.25) is 0 Å². The van der Waals surface area contributed by atoms with Gasteiger partial charge in [-0.05, 0) is 42.0 Å². The minimum Gasteiger partial charge on any atom is -0.348 e.